The Morgan fingerprint density at radius 1 is 1.18 bits per heavy atom. The smallest absolute Gasteiger partial charge is 0.293 e. The van der Waals surface area contributed by atoms with Crippen molar-refractivity contribution >= 4 is 23.5 Å². The minimum Gasteiger partial charge on any atom is -0.395 e. The van der Waals surface area contributed by atoms with Crippen LogP contribution in [0.5, 0.6) is 0 Å². The molecule has 1 fully saturated rings. The Kier molecular flexibility index (Phi) is 9.09. The topological polar surface area (TPSA) is 176 Å². The summed E-state index contributed by atoms with van der Waals surface area (Å²) >= 11 is 0. The molecule has 0 spiro atoms. The molecule has 0 amide bonds. The van der Waals surface area contributed by atoms with Gasteiger partial charge < -0.3 is 31.1 Å². The van der Waals surface area contributed by atoms with Crippen LogP contribution in [0.2, 0.25) is 0 Å². The van der Waals surface area contributed by atoms with Crippen molar-refractivity contribution in [1.29, 1.82) is 0 Å². The Bertz CT molecular complexity index is 866. The number of piperidine rings is 1. The van der Waals surface area contributed by atoms with Crippen molar-refractivity contribution in [1.82, 2.24) is 10.2 Å². The van der Waals surface area contributed by atoms with Crippen molar-refractivity contribution in [3.8, 4) is 0 Å². The number of hydrogen-bond donors (Lipinski definition) is 6. The van der Waals surface area contributed by atoms with Gasteiger partial charge in [0.05, 0.1) is 30.0 Å². The van der Waals surface area contributed by atoms with Gasteiger partial charge in [0.25, 0.3) is 5.69 Å². The highest BCUT2D eigenvalue weighted by molar-refractivity contribution is 6.06. The van der Waals surface area contributed by atoms with Crippen molar-refractivity contribution in [3.05, 3.63) is 33.9 Å². The van der Waals surface area contributed by atoms with Crippen LogP contribution in [0, 0.1) is 10.1 Å². The molecule has 1 aromatic carbocycles. The van der Waals surface area contributed by atoms with E-state index in [0.29, 0.717) is 30.2 Å². The third-order valence-electron chi connectivity index (χ3n) is 5.97. The van der Waals surface area contributed by atoms with Crippen LogP contribution < -0.4 is 10.6 Å². The summed E-state index contributed by atoms with van der Waals surface area (Å²) in [6.07, 6.45) is 1.45. The zero-order valence-corrected chi connectivity index (χ0v) is 18.4. The number of rotatable bonds is 11. The number of likely N-dealkylation sites (tertiary alicyclic amines) is 1. The van der Waals surface area contributed by atoms with Gasteiger partial charge in [-0.15, -0.1) is 0 Å². The molecule has 6 N–H and O–H groups in total. The SMILES string of the molecule is O=[N+]([O-])c1cc(C2=NCN=CN2)ccc1NCCCCCCN1C[C@H](O)[C@@H](O)[C@H](O)[C@H]1CO. The first-order chi connectivity index (χ1) is 15.9. The molecule has 12 nitrogen and oxygen atoms in total. The lowest BCUT2D eigenvalue weighted by molar-refractivity contribution is -0.384. The van der Waals surface area contributed by atoms with E-state index in [1.54, 1.807) is 12.1 Å². The van der Waals surface area contributed by atoms with Crippen LogP contribution in [-0.4, -0.2) is 99.7 Å². The number of aliphatic hydroxyl groups is 4. The highest BCUT2D eigenvalue weighted by Crippen LogP contribution is 2.26. The van der Waals surface area contributed by atoms with Gasteiger partial charge in [-0.2, -0.15) is 0 Å². The third-order valence-corrected chi connectivity index (χ3v) is 5.97. The quantitative estimate of drug-likeness (QED) is 0.145. The molecule has 0 saturated carbocycles. The molecule has 2 aliphatic rings. The predicted molar refractivity (Wildman–Crippen MR) is 124 cm³/mol. The molecule has 1 saturated heterocycles. The summed E-state index contributed by atoms with van der Waals surface area (Å²) in [5.74, 6) is 0.548. The predicted octanol–water partition coefficient (Wildman–Crippen LogP) is -0.338. The second-order valence-corrected chi connectivity index (χ2v) is 8.23. The van der Waals surface area contributed by atoms with E-state index in [1.165, 1.54) is 12.4 Å². The number of aliphatic hydroxyl groups excluding tert-OH is 4. The number of nitro groups is 1. The third kappa shape index (κ3) is 6.45. The van der Waals surface area contributed by atoms with E-state index < -0.39 is 29.3 Å². The van der Waals surface area contributed by atoms with Crippen LogP contribution in [0.25, 0.3) is 0 Å². The second kappa shape index (κ2) is 12.0. The van der Waals surface area contributed by atoms with Crippen molar-refractivity contribution in [2.75, 3.05) is 38.2 Å². The van der Waals surface area contributed by atoms with Gasteiger partial charge in [-0.1, -0.05) is 12.8 Å². The van der Waals surface area contributed by atoms with Crippen LogP contribution in [0.4, 0.5) is 11.4 Å². The molecule has 3 rings (SSSR count). The van der Waals surface area contributed by atoms with E-state index in [2.05, 4.69) is 20.6 Å². The highest BCUT2D eigenvalue weighted by atomic mass is 16.6. The van der Waals surface area contributed by atoms with E-state index in [1.807, 2.05) is 4.90 Å². The van der Waals surface area contributed by atoms with Gasteiger partial charge in [0.1, 0.15) is 30.4 Å². The molecule has 182 valence electrons. The number of anilines is 1. The number of benzene rings is 1. The molecule has 2 heterocycles. The van der Waals surface area contributed by atoms with E-state index in [-0.39, 0.29) is 25.5 Å². The molecule has 33 heavy (non-hydrogen) atoms. The molecular weight excluding hydrogens is 432 g/mol. The minimum absolute atomic E-state index is 0.0149. The van der Waals surface area contributed by atoms with Gasteiger partial charge in [-0.3, -0.25) is 20.0 Å². The van der Waals surface area contributed by atoms with Crippen molar-refractivity contribution in [2.24, 2.45) is 9.98 Å². The van der Waals surface area contributed by atoms with Gasteiger partial charge in [0, 0.05) is 24.7 Å². The van der Waals surface area contributed by atoms with Crippen LogP contribution in [0.15, 0.2) is 28.2 Å². The van der Waals surface area contributed by atoms with E-state index >= 15 is 0 Å². The van der Waals surface area contributed by atoms with E-state index in [0.717, 1.165) is 25.7 Å². The van der Waals surface area contributed by atoms with E-state index in [4.69, 9.17) is 0 Å². The Hall–Kier alpha value is -2.64. The first-order valence-electron chi connectivity index (χ1n) is 11.1. The molecule has 0 bridgehead atoms. The maximum absolute atomic E-state index is 11.5. The van der Waals surface area contributed by atoms with Crippen LogP contribution in [-0.2, 0) is 0 Å². The number of nitrogens with one attached hydrogen (secondary N) is 2. The van der Waals surface area contributed by atoms with Crippen LogP contribution in [0.1, 0.15) is 31.2 Å². The Balaban J connectivity index is 1.41. The number of unbranched alkanes of at least 4 members (excludes halogenated alkanes) is 3. The number of hydrogen-bond acceptors (Lipinski definition) is 11. The van der Waals surface area contributed by atoms with Crippen molar-refractivity contribution in [2.45, 2.75) is 50.0 Å². The molecule has 2 aliphatic heterocycles. The normalized spacial score (nSPS) is 25.4. The molecule has 12 heteroatoms. The lowest BCUT2D eigenvalue weighted by Gasteiger charge is -2.43. The zero-order chi connectivity index (χ0) is 23.8. The molecular formula is C21H32N6O6. The number of nitrogens with zero attached hydrogens (tertiary/aromatic N) is 4. The first kappa shape index (κ1) is 25.0. The summed E-state index contributed by atoms with van der Waals surface area (Å²) in [4.78, 5) is 21.0. The lowest BCUT2D eigenvalue weighted by atomic mass is 9.94. The molecule has 0 aliphatic carbocycles. The molecule has 0 aromatic heterocycles. The summed E-state index contributed by atoms with van der Waals surface area (Å²) in [5, 5.41) is 56.7. The standard InChI is InChI=1S/C21H32N6O6/c28-11-17-19(30)20(31)18(29)10-26(17)8-4-2-1-3-7-23-15-6-5-14(9-16(15)27(32)33)21-24-12-22-13-25-21/h5-6,9,12,17-20,23,28-31H,1-4,7-8,10-11,13H2,(H,22,24,25)/t17-,18+,19-,20-/m1/s1. The number of β-amino-alcohol motifs (C(OH)–C–C–N with tert-alkyl or cyclic N) is 1. The average molecular weight is 465 g/mol. The molecule has 0 radical (unpaired) electrons. The van der Waals surface area contributed by atoms with Crippen molar-refractivity contribution in [3.63, 3.8) is 0 Å². The maximum atomic E-state index is 11.5. The number of aliphatic imine (C=N–C) groups is 2. The van der Waals surface area contributed by atoms with Crippen LogP contribution >= 0.6 is 0 Å². The maximum Gasteiger partial charge on any atom is 0.293 e. The number of amidine groups is 1. The first-order valence-corrected chi connectivity index (χ1v) is 11.1. The summed E-state index contributed by atoms with van der Waals surface area (Å²) in [6, 6.07) is 4.36. The largest absolute Gasteiger partial charge is 0.395 e. The van der Waals surface area contributed by atoms with Crippen molar-refractivity contribution < 1.29 is 25.3 Å². The summed E-state index contributed by atoms with van der Waals surface area (Å²) in [6.45, 7) is 1.38. The van der Waals surface area contributed by atoms with Gasteiger partial charge >= 0.3 is 0 Å². The van der Waals surface area contributed by atoms with Crippen LogP contribution in [0.3, 0.4) is 0 Å². The zero-order valence-electron chi connectivity index (χ0n) is 18.4. The lowest BCUT2D eigenvalue weighted by Crippen LogP contribution is -2.62. The minimum atomic E-state index is -1.25. The summed E-state index contributed by atoms with van der Waals surface area (Å²) in [7, 11) is 0. The molecule has 4 atom stereocenters. The monoisotopic (exact) mass is 464 g/mol. The van der Waals surface area contributed by atoms with Gasteiger partial charge in [-0.25, -0.2) is 4.99 Å². The fourth-order valence-corrected chi connectivity index (χ4v) is 4.11. The van der Waals surface area contributed by atoms with Gasteiger partial charge in [0.2, 0.25) is 0 Å². The summed E-state index contributed by atoms with van der Waals surface area (Å²) in [5.41, 5.74) is 1.06. The Labute approximate surface area is 191 Å². The molecule has 0 unspecified atom stereocenters. The molecule has 1 aromatic rings. The fourth-order valence-electron chi connectivity index (χ4n) is 4.11. The number of nitro benzene ring substituents is 1. The Morgan fingerprint density at radius 3 is 2.67 bits per heavy atom. The van der Waals surface area contributed by atoms with E-state index in [9.17, 15) is 30.5 Å². The second-order valence-electron chi connectivity index (χ2n) is 8.23. The highest BCUT2D eigenvalue weighted by Gasteiger charge is 2.40. The summed E-state index contributed by atoms with van der Waals surface area (Å²) < 4.78 is 0. The fraction of sp³-hybridized carbons (Fsp3) is 0.619. The average Bonchev–Trinajstić information content (AvgIpc) is 2.82. The van der Waals surface area contributed by atoms with Gasteiger partial charge in [-0.05, 0) is 31.5 Å². The Morgan fingerprint density at radius 2 is 1.97 bits per heavy atom. The van der Waals surface area contributed by atoms with Gasteiger partial charge in [0.15, 0.2) is 0 Å².